The van der Waals surface area contributed by atoms with Gasteiger partial charge in [0.25, 0.3) is 5.76 Å². The number of thioether (sulfide) groups is 1. The lowest BCUT2D eigenvalue weighted by molar-refractivity contribution is 0.251. The van der Waals surface area contributed by atoms with Crippen molar-refractivity contribution in [2.45, 2.75) is 57.2 Å². The Morgan fingerprint density at radius 3 is 2.79 bits per heavy atom. The lowest BCUT2D eigenvalue weighted by Crippen LogP contribution is -2.37. The van der Waals surface area contributed by atoms with Crippen molar-refractivity contribution in [2.75, 3.05) is 0 Å². The molecule has 1 saturated carbocycles. The Hall–Kier alpha value is -0.550. The first kappa shape index (κ1) is 14.9. The Morgan fingerprint density at radius 2 is 2.16 bits per heavy atom. The molecule has 0 radical (unpaired) electrons. The number of hydrogen-bond donors (Lipinski definition) is 1. The molecule has 1 heterocycles. The first-order chi connectivity index (χ1) is 8.97. The molecule has 19 heavy (non-hydrogen) atoms. The minimum absolute atomic E-state index is 0.229. The van der Waals surface area contributed by atoms with Gasteiger partial charge in [-0.05, 0) is 30.4 Å². The molecule has 1 atom stereocenters. The molecule has 108 valence electrons. The number of halogens is 2. The summed E-state index contributed by atoms with van der Waals surface area (Å²) in [7, 11) is 0. The van der Waals surface area contributed by atoms with Gasteiger partial charge < -0.3 is 9.73 Å². The lowest BCUT2D eigenvalue weighted by Gasteiger charge is -2.27. The summed E-state index contributed by atoms with van der Waals surface area (Å²) in [5.41, 5.74) is 0.334. The van der Waals surface area contributed by atoms with Gasteiger partial charge in [-0.3, -0.25) is 0 Å². The van der Waals surface area contributed by atoms with E-state index in [0.717, 1.165) is 5.76 Å². The summed E-state index contributed by atoms with van der Waals surface area (Å²) in [5, 5.41) is 3.52. The second kappa shape index (κ2) is 6.27. The number of alkyl halides is 2. The second-order valence-electron chi connectivity index (χ2n) is 5.75. The summed E-state index contributed by atoms with van der Waals surface area (Å²) in [6.45, 7) is 5.24. The minimum atomic E-state index is -2.34. The molecule has 1 fully saturated rings. The van der Waals surface area contributed by atoms with Gasteiger partial charge >= 0.3 is 0 Å². The first-order valence-electron chi connectivity index (χ1n) is 6.68. The molecule has 0 spiro atoms. The maximum Gasteiger partial charge on any atom is 0.284 e. The van der Waals surface area contributed by atoms with Crippen LogP contribution in [0.5, 0.6) is 0 Å². The Balaban J connectivity index is 1.80. The number of rotatable bonds is 6. The molecular formula is C14H21F2NOS. The fourth-order valence-corrected chi connectivity index (χ4v) is 3.11. The number of furan rings is 1. The van der Waals surface area contributed by atoms with Crippen LogP contribution in [0.1, 0.15) is 44.6 Å². The van der Waals surface area contributed by atoms with E-state index in [-0.39, 0.29) is 5.75 Å². The molecule has 0 aromatic carbocycles. The number of hydrogen-bond acceptors (Lipinski definition) is 3. The fourth-order valence-electron chi connectivity index (χ4n) is 2.67. The zero-order valence-corrected chi connectivity index (χ0v) is 12.2. The molecule has 0 bridgehead atoms. The van der Waals surface area contributed by atoms with E-state index in [0.29, 0.717) is 35.5 Å². The largest absolute Gasteiger partial charge is 0.464 e. The van der Waals surface area contributed by atoms with Crippen LogP contribution in [-0.4, -0.2) is 11.8 Å². The molecule has 1 aromatic rings. The molecule has 0 amide bonds. The smallest absolute Gasteiger partial charge is 0.284 e. The van der Waals surface area contributed by atoms with Gasteiger partial charge in [-0.1, -0.05) is 32.0 Å². The molecule has 1 aliphatic rings. The van der Waals surface area contributed by atoms with Crippen LogP contribution >= 0.6 is 11.8 Å². The maximum atomic E-state index is 12.1. The van der Waals surface area contributed by atoms with Gasteiger partial charge in [-0.2, -0.15) is 8.78 Å². The summed E-state index contributed by atoms with van der Waals surface area (Å²) in [5.74, 6) is -0.668. The lowest BCUT2D eigenvalue weighted by atomic mass is 9.87. The average molecular weight is 289 g/mol. The molecule has 0 saturated heterocycles. The molecule has 1 N–H and O–H groups in total. The van der Waals surface area contributed by atoms with Crippen molar-refractivity contribution in [1.82, 2.24) is 5.32 Å². The highest BCUT2D eigenvalue weighted by Gasteiger charge is 2.33. The van der Waals surface area contributed by atoms with E-state index in [1.54, 1.807) is 6.07 Å². The van der Waals surface area contributed by atoms with Crippen LogP contribution in [0.4, 0.5) is 8.78 Å². The van der Waals surface area contributed by atoms with E-state index in [1.807, 2.05) is 6.07 Å². The van der Waals surface area contributed by atoms with Crippen molar-refractivity contribution >= 4 is 11.8 Å². The predicted molar refractivity (Wildman–Crippen MR) is 74.3 cm³/mol. The molecule has 0 aliphatic heterocycles. The molecule has 1 aliphatic carbocycles. The van der Waals surface area contributed by atoms with Gasteiger partial charge in [0.1, 0.15) is 11.5 Å². The quantitative estimate of drug-likeness (QED) is 0.840. The maximum absolute atomic E-state index is 12.1. The van der Waals surface area contributed by atoms with E-state index in [4.69, 9.17) is 4.42 Å². The highest BCUT2D eigenvalue weighted by molar-refractivity contribution is 7.98. The fraction of sp³-hybridized carbons (Fsp3) is 0.714. The summed E-state index contributed by atoms with van der Waals surface area (Å²) in [6, 6.07) is 4.17. The molecular weight excluding hydrogens is 268 g/mol. The Bertz CT molecular complexity index is 406. The van der Waals surface area contributed by atoms with Crippen molar-refractivity contribution in [1.29, 1.82) is 0 Å². The van der Waals surface area contributed by atoms with Crippen LogP contribution in [0.2, 0.25) is 0 Å². The van der Waals surface area contributed by atoms with Gasteiger partial charge in [0.2, 0.25) is 0 Å². The molecule has 1 unspecified atom stereocenters. The normalized spacial score (nSPS) is 22.3. The van der Waals surface area contributed by atoms with Gasteiger partial charge in [-0.15, -0.1) is 0 Å². The zero-order chi connectivity index (χ0) is 13.9. The van der Waals surface area contributed by atoms with E-state index in [1.165, 1.54) is 19.3 Å². The van der Waals surface area contributed by atoms with E-state index < -0.39 is 5.76 Å². The van der Waals surface area contributed by atoms with Crippen molar-refractivity contribution in [3.8, 4) is 0 Å². The molecule has 2 rings (SSSR count). The zero-order valence-electron chi connectivity index (χ0n) is 11.4. The number of nitrogens with one attached hydrogen (secondary N) is 1. The van der Waals surface area contributed by atoms with E-state index in [2.05, 4.69) is 19.2 Å². The van der Waals surface area contributed by atoms with Crippen LogP contribution in [0.25, 0.3) is 0 Å². The molecule has 1 aromatic heterocycles. The summed E-state index contributed by atoms with van der Waals surface area (Å²) < 4.78 is 29.7. The van der Waals surface area contributed by atoms with E-state index >= 15 is 0 Å². The van der Waals surface area contributed by atoms with Crippen LogP contribution < -0.4 is 5.32 Å². The van der Waals surface area contributed by atoms with Crippen LogP contribution in [0.15, 0.2) is 16.5 Å². The Morgan fingerprint density at radius 1 is 1.42 bits per heavy atom. The van der Waals surface area contributed by atoms with Crippen molar-refractivity contribution < 1.29 is 13.2 Å². The van der Waals surface area contributed by atoms with E-state index in [9.17, 15) is 8.78 Å². The molecule has 2 nitrogen and oxygen atoms in total. The third-order valence-corrected chi connectivity index (χ3v) is 4.55. The molecule has 5 heteroatoms. The minimum Gasteiger partial charge on any atom is -0.464 e. The van der Waals surface area contributed by atoms with Gasteiger partial charge in [0.15, 0.2) is 0 Å². The van der Waals surface area contributed by atoms with Crippen LogP contribution in [0, 0.1) is 5.41 Å². The summed E-state index contributed by atoms with van der Waals surface area (Å²) >= 11 is 0.593. The highest BCUT2D eigenvalue weighted by atomic mass is 32.2. The van der Waals surface area contributed by atoms with Crippen molar-refractivity contribution in [3.05, 3.63) is 23.7 Å². The van der Waals surface area contributed by atoms with Gasteiger partial charge in [0, 0.05) is 6.04 Å². The topological polar surface area (TPSA) is 25.2 Å². The third-order valence-electron chi connectivity index (χ3n) is 3.85. The van der Waals surface area contributed by atoms with Crippen LogP contribution in [0.3, 0.4) is 0 Å². The average Bonchev–Trinajstić information content (AvgIpc) is 2.90. The second-order valence-corrected chi connectivity index (χ2v) is 6.73. The standard InChI is InChI=1S/C14H21F2NOS/c1-14(2)7-3-4-12(14)17-8-10-5-6-11(18-10)9-19-13(15)16/h5-6,12-13,17H,3-4,7-9H2,1-2H3. The van der Waals surface area contributed by atoms with Gasteiger partial charge in [0.05, 0.1) is 12.3 Å². The summed E-state index contributed by atoms with van der Waals surface area (Å²) in [4.78, 5) is 0. The summed E-state index contributed by atoms with van der Waals surface area (Å²) in [6.07, 6.45) is 3.71. The third kappa shape index (κ3) is 4.21. The van der Waals surface area contributed by atoms with Crippen molar-refractivity contribution in [3.63, 3.8) is 0 Å². The van der Waals surface area contributed by atoms with Gasteiger partial charge in [-0.25, -0.2) is 0 Å². The van der Waals surface area contributed by atoms with Crippen molar-refractivity contribution in [2.24, 2.45) is 5.41 Å². The monoisotopic (exact) mass is 289 g/mol. The Labute approximate surface area is 117 Å². The highest BCUT2D eigenvalue weighted by Crippen LogP contribution is 2.37. The first-order valence-corrected chi connectivity index (χ1v) is 7.73. The predicted octanol–water partition coefficient (Wildman–Crippen LogP) is 4.40. The Kier molecular flexibility index (Phi) is 4.90. The van der Waals surface area contributed by atoms with Crippen LogP contribution in [-0.2, 0) is 12.3 Å². The SMILES string of the molecule is CC1(C)CCCC1NCc1ccc(CSC(F)F)o1.